The van der Waals surface area contributed by atoms with Crippen LogP contribution in [0.15, 0.2) is 24.3 Å². The molecular weight excluding hydrogens is 307 g/mol. The number of benzene rings is 1. The molecule has 1 heterocycles. The van der Waals surface area contributed by atoms with Gasteiger partial charge in [-0.3, -0.25) is 4.90 Å². The lowest BCUT2D eigenvalue weighted by molar-refractivity contribution is -0.137. The number of rotatable bonds is 3. The minimum atomic E-state index is -4.25. The van der Waals surface area contributed by atoms with Crippen LogP contribution in [0.5, 0.6) is 0 Å². The summed E-state index contributed by atoms with van der Waals surface area (Å²) in [6.45, 7) is 1.76. The van der Waals surface area contributed by atoms with E-state index in [0.717, 1.165) is 49.0 Å². The maximum atomic E-state index is 12.4. The average molecular weight is 322 g/mol. The molecule has 0 aromatic heterocycles. The Balaban J connectivity index is 2.02. The molecule has 2 rings (SSSR count). The highest BCUT2D eigenvalue weighted by Crippen LogP contribution is 2.29. The highest BCUT2D eigenvalue weighted by atomic mass is 79.9. The smallest absolute Gasteiger partial charge is 0.295 e. The second-order valence-electron chi connectivity index (χ2n) is 4.62. The molecule has 1 atom stereocenters. The van der Waals surface area contributed by atoms with Crippen molar-refractivity contribution in [1.82, 2.24) is 4.90 Å². The molecular formula is C13H15BrF3N. The number of likely N-dealkylation sites (tertiary alicyclic amines) is 1. The summed E-state index contributed by atoms with van der Waals surface area (Å²) in [6, 6.07) is 5.98. The third kappa shape index (κ3) is 3.26. The van der Waals surface area contributed by atoms with Crippen LogP contribution in [0.1, 0.15) is 24.0 Å². The second-order valence-corrected chi connectivity index (χ2v) is 5.26. The maximum absolute atomic E-state index is 12.4. The van der Waals surface area contributed by atoms with Gasteiger partial charge < -0.3 is 0 Å². The average Bonchev–Trinajstić information content (AvgIpc) is 2.76. The Morgan fingerprint density at radius 2 is 1.89 bits per heavy atom. The molecule has 0 bridgehead atoms. The highest BCUT2D eigenvalue weighted by molar-refractivity contribution is 9.09. The molecule has 0 amide bonds. The predicted octanol–water partition coefficient (Wildman–Crippen LogP) is 4.06. The van der Waals surface area contributed by atoms with E-state index >= 15 is 0 Å². The molecule has 1 aromatic rings. The Labute approximate surface area is 113 Å². The fourth-order valence-corrected chi connectivity index (χ4v) is 3.04. The van der Waals surface area contributed by atoms with Crippen molar-refractivity contribution in [3.05, 3.63) is 35.4 Å². The van der Waals surface area contributed by atoms with Gasteiger partial charge >= 0.3 is 6.18 Å². The summed E-state index contributed by atoms with van der Waals surface area (Å²) in [5.41, 5.74) is 0.362. The van der Waals surface area contributed by atoms with Crippen molar-refractivity contribution >= 4 is 15.9 Å². The van der Waals surface area contributed by atoms with Crippen LogP contribution >= 0.6 is 15.9 Å². The Kier molecular flexibility index (Phi) is 4.33. The first-order chi connectivity index (χ1) is 8.50. The summed E-state index contributed by atoms with van der Waals surface area (Å²) < 4.78 is 37.3. The van der Waals surface area contributed by atoms with Gasteiger partial charge in [-0.25, -0.2) is 0 Å². The molecule has 0 spiro atoms. The normalized spacial score (nSPS) is 21.4. The van der Waals surface area contributed by atoms with Crippen molar-refractivity contribution in [1.29, 1.82) is 0 Å². The van der Waals surface area contributed by atoms with E-state index in [9.17, 15) is 13.2 Å². The van der Waals surface area contributed by atoms with Crippen molar-refractivity contribution in [2.45, 2.75) is 31.6 Å². The molecule has 1 nitrogen and oxygen atoms in total. The molecule has 0 aliphatic carbocycles. The van der Waals surface area contributed by atoms with Crippen LogP contribution in [-0.2, 0) is 12.7 Å². The van der Waals surface area contributed by atoms with Crippen LogP contribution < -0.4 is 0 Å². The van der Waals surface area contributed by atoms with E-state index in [1.54, 1.807) is 12.1 Å². The second kappa shape index (κ2) is 5.61. The van der Waals surface area contributed by atoms with Crippen LogP contribution in [0.25, 0.3) is 0 Å². The lowest BCUT2D eigenvalue weighted by Crippen LogP contribution is -2.29. The standard InChI is InChI=1S/C13H15BrF3N/c14-8-12-2-1-7-18(12)9-10-3-5-11(6-4-10)13(15,16)17/h3-6,12H,1-2,7-9H2. The molecule has 1 aromatic carbocycles. The van der Waals surface area contributed by atoms with Gasteiger partial charge in [0.25, 0.3) is 0 Å². The van der Waals surface area contributed by atoms with E-state index in [2.05, 4.69) is 20.8 Å². The summed E-state index contributed by atoms with van der Waals surface area (Å²) >= 11 is 3.48. The van der Waals surface area contributed by atoms with E-state index in [-0.39, 0.29) is 0 Å². The van der Waals surface area contributed by atoms with Crippen LogP contribution in [0.3, 0.4) is 0 Å². The summed E-state index contributed by atoms with van der Waals surface area (Å²) in [5.74, 6) is 0. The van der Waals surface area contributed by atoms with Gasteiger partial charge in [-0.2, -0.15) is 13.2 Å². The first-order valence-electron chi connectivity index (χ1n) is 5.97. The predicted molar refractivity (Wildman–Crippen MR) is 68.7 cm³/mol. The van der Waals surface area contributed by atoms with E-state index in [0.29, 0.717) is 6.04 Å². The molecule has 100 valence electrons. The van der Waals surface area contributed by atoms with E-state index in [4.69, 9.17) is 0 Å². The molecule has 1 unspecified atom stereocenters. The van der Waals surface area contributed by atoms with Gasteiger partial charge in [-0.1, -0.05) is 28.1 Å². The molecule has 1 aliphatic heterocycles. The lowest BCUT2D eigenvalue weighted by Gasteiger charge is -2.22. The minimum absolute atomic E-state index is 0.507. The van der Waals surface area contributed by atoms with E-state index in [1.165, 1.54) is 0 Å². The van der Waals surface area contributed by atoms with Gasteiger partial charge in [0, 0.05) is 17.9 Å². The van der Waals surface area contributed by atoms with Gasteiger partial charge in [0.15, 0.2) is 0 Å². The Bertz CT molecular complexity index is 388. The SMILES string of the molecule is FC(F)(F)c1ccc(CN2CCCC2CBr)cc1. The number of hydrogen-bond acceptors (Lipinski definition) is 1. The van der Waals surface area contributed by atoms with Crippen molar-refractivity contribution in [3.63, 3.8) is 0 Å². The van der Waals surface area contributed by atoms with Gasteiger partial charge in [0.05, 0.1) is 5.56 Å². The molecule has 1 saturated heterocycles. The largest absolute Gasteiger partial charge is 0.416 e. The minimum Gasteiger partial charge on any atom is -0.295 e. The van der Waals surface area contributed by atoms with Crippen LogP contribution in [0.4, 0.5) is 13.2 Å². The fourth-order valence-electron chi connectivity index (χ4n) is 2.31. The van der Waals surface area contributed by atoms with Gasteiger partial charge in [-0.05, 0) is 37.1 Å². The number of nitrogens with zero attached hydrogens (tertiary/aromatic N) is 1. The van der Waals surface area contributed by atoms with Gasteiger partial charge in [0.2, 0.25) is 0 Å². The van der Waals surface area contributed by atoms with Gasteiger partial charge in [-0.15, -0.1) is 0 Å². The zero-order chi connectivity index (χ0) is 13.2. The molecule has 5 heteroatoms. The Hall–Kier alpha value is -0.550. The first-order valence-corrected chi connectivity index (χ1v) is 7.09. The van der Waals surface area contributed by atoms with Gasteiger partial charge in [0.1, 0.15) is 0 Å². The van der Waals surface area contributed by atoms with Crippen molar-refractivity contribution in [2.24, 2.45) is 0 Å². The van der Waals surface area contributed by atoms with Crippen molar-refractivity contribution in [3.8, 4) is 0 Å². The zero-order valence-electron chi connectivity index (χ0n) is 9.88. The fraction of sp³-hybridized carbons (Fsp3) is 0.538. The van der Waals surface area contributed by atoms with Crippen LogP contribution in [-0.4, -0.2) is 22.8 Å². The van der Waals surface area contributed by atoms with Crippen LogP contribution in [0.2, 0.25) is 0 Å². The topological polar surface area (TPSA) is 3.24 Å². The number of alkyl halides is 4. The van der Waals surface area contributed by atoms with Crippen LogP contribution in [0, 0.1) is 0 Å². The molecule has 0 radical (unpaired) electrons. The summed E-state index contributed by atoms with van der Waals surface area (Å²) in [4.78, 5) is 2.32. The monoisotopic (exact) mass is 321 g/mol. The number of hydrogen-bond donors (Lipinski definition) is 0. The zero-order valence-corrected chi connectivity index (χ0v) is 11.5. The summed E-state index contributed by atoms with van der Waals surface area (Å²) in [7, 11) is 0. The third-order valence-electron chi connectivity index (χ3n) is 3.34. The molecule has 0 saturated carbocycles. The Morgan fingerprint density at radius 1 is 1.22 bits per heavy atom. The van der Waals surface area contributed by atoms with Crippen molar-refractivity contribution < 1.29 is 13.2 Å². The maximum Gasteiger partial charge on any atom is 0.416 e. The molecule has 1 fully saturated rings. The third-order valence-corrected chi connectivity index (χ3v) is 4.09. The van der Waals surface area contributed by atoms with E-state index in [1.807, 2.05) is 0 Å². The van der Waals surface area contributed by atoms with Crippen molar-refractivity contribution in [2.75, 3.05) is 11.9 Å². The quantitative estimate of drug-likeness (QED) is 0.759. The molecule has 1 aliphatic rings. The summed E-state index contributed by atoms with van der Waals surface area (Å²) in [5, 5.41) is 0.924. The summed E-state index contributed by atoms with van der Waals surface area (Å²) in [6.07, 6.45) is -1.92. The highest BCUT2D eigenvalue weighted by Gasteiger charge is 2.30. The Morgan fingerprint density at radius 3 is 2.44 bits per heavy atom. The first kappa shape index (κ1) is 13.9. The lowest BCUT2D eigenvalue weighted by atomic mass is 10.1. The molecule has 0 N–H and O–H groups in total. The number of halogens is 4. The van der Waals surface area contributed by atoms with E-state index < -0.39 is 11.7 Å². The molecule has 18 heavy (non-hydrogen) atoms.